The lowest BCUT2D eigenvalue weighted by Crippen LogP contribution is -2.36. The number of aliphatic hydroxyl groups is 1. The number of ether oxygens (including phenoxy) is 1. The van der Waals surface area contributed by atoms with E-state index in [1.165, 1.54) is 4.88 Å². The van der Waals surface area contributed by atoms with Crippen molar-refractivity contribution >= 4 is 45.3 Å². The molecule has 0 spiro atoms. The van der Waals surface area contributed by atoms with Crippen LogP contribution in [-0.4, -0.2) is 41.6 Å². The molecule has 5 rings (SSSR count). The van der Waals surface area contributed by atoms with E-state index in [4.69, 9.17) is 16.3 Å². The van der Waals surface area contributed by atoms with Gasteiger partial charge in [-0.15, -0.1) is 21.5 Å². The number of rotatable bonds is 6. The lowest BCUT2D eigenvalue weighted by molar-refractivity contribution is 0.145. The van der Waals surface area contributed by atoms with Gasteiger partial charge in [0, 0.05) is 35.3 Å². The van der Waals surface area contributed by atoms with E-state index in [1.807, 2.05) is 18.2 Å². The molecule has 0 saturated carbocycles. The van der Waals surface area contributed by atoms with Gasteiger partial charge in [0.25, 0.3) is 0 Å². The van der Waals surface area contributed by atoms with Crippen molar-refractivity contribution in [1.82, 2.24) is 10.2 Å². The Labute approximate surface area is 201 Å². The molecule has 1 fully saturated rings. The third-order valence-electron chi connectivity index (χ3n) is 6.01. The Balaban J connectivity index is 1.51. The van der Waals surface area contributed by atoms with Gasteiger partial charge in [-0.2, -0.15) is 0 Å². The topological polar surface area (TPSA) is 70.5 Å². The minimum absolute atomic E-state index is 0.233. The van der Waals surface area contributed by atoms with Crippen LogP contribution >= 0.6 is 22.9 Å². The molecule has 2 N–H and O–H groups in total. The summed E-state index contributed by atoms with van der Waals surface area (Å²) in [5, 5.41) is 27.3. The molecule has 2 aromatic carbocycles. The molecule has 0 bridgehead atoms. The smallest absolute Gasteiger partial charge is 0.159 e. The first-order valence-corrected chi connectivity index (χ1v) is 12.2. The number of hydrogen-bond donors (Lipinski definition) is 2. The number of hydrogen-bond acceptors (Lipinski definition) is 7. The van der Waals surface area contributed by atoms with E-state index in [0.717, 1.165) is 59.5 Å². The third kappa shape index (κ3) is 4.62. The maximum atomic E-state index is 9.92. The van der Waals surface area contributed by atoms with Crippen molar-refractivity contribution in [2.45, 2.75) is 25.5 Å². The SMILES string of the molecule is COc1ccc(CNc2nnc(N3CCC(O)CC3)c3ccc(-c4cccs4)cc23)cc1Cl. The lowest BCUT2D eigenvalue weighted by atomic mass is 10.0. The van der Waals surface area contributed by atoms with Crippen LogP contribution in [0.1, 0.15) is 18.4 Å². The van der Waals surface area contributed by atoms with Gasteiger partial charge in [0.05, 0.1) is 18.2 Å². The minimum atomic E-state index is -0.233. The molecule has 0 radical (unpaired) electrons. The van der Waals surface area contributed by atoms with E-state index in [-0.39, 0.29) is 6.10 Å². The van der Waals surface area contributed by atoms with Crippen molar-refractivity contribution in [3.8, 4) is 16.2 Å². The van der Waals surface area contributed by atoms with Crippen LogP contribution in [0.2, 0.25) is 5.02 Å². The summed E-state index contributed by atoms with van der Waals surface area (Å²) in [6.45, 7) is 2.11. The summed E-state index contributed by atoms with van der Waals surface area (Å²) in [6.07, 6.45) is 1.26. The molecule has 8 heteroatoms. The van der Waals surface area contributed by atoms with Crippen molar-refractivity contribution in [3.63, 3.8) is 0 Å². The maximum absolute atomic E-state index is 9.92. The number of thiophene rings is 1. The number of nitrogens with zero attached hydrogens (tertiary/aromatic N) is 3. The standard InChI is InChI=1S/C25H25ClN4O2S/c1-32-22-7-4-16(13-21(22)26)15-27-24-20-14-17(23-3-2-12-33-23)5-6-19(20)25(29-28-24)30-10-8-18(31)9-11-30/h2-7,12-14,18,31H,8-11,15H2,1H3,(H,27,28). The number of benzene rings is 2. The summed E-state index contributed by atoms with van der Waals surface area (Å²) in [7, 11) is 1.61. The number of aliphatic hydroxyl groups excluding tert-OH is 1. The highest BCUT2D eigenvalue weighted by molar-refractivity contribution is 7.13. The van der Waals surface area contributed by atoms with E-state index < -0.39 is 0 Å². The van der Waals surface area contributed by atoms with Crippen LogP contribution < -0.4 is 15.0 Å². The van der Waals surface area contributed by atoms with Crippen LogP contribution in [-0.2, 0) is 6.54 Å². The van der Waals surface area contributed by atoms with Gasteiger partial charge in [0.1, 0.15) is 5.75 Å². The number of methoxy groups -OCH3 is 1. The summed E-state index contributed by atoms with van der Waals surface area (Å²) in [5.74, 6) is 2.26. The normalized spacial score (nSPS) is 14.6. The summed E-state index contributed by atoms with van der Waals surface area (Å²) in [5.41, 5.74) is 2.18. The third-order valence-corrected chi connectivity index (χ3v) is 7.22. The van der Waals surface area contributed by atoms with E-state index in [2.05, 4.69) is 56.1 Å². The van der Waals surface area contributed by atoms with Crippen molar-refractivity contribution in [2.75, 3.05) is 30.4 Å². The Bertz CT molecular complexity index is 1260. The van der Waals surface area contributed by atoms with Gasteiger partial charge in [-0.05, 0) is 59.7 Å². The zero-order valence-electron chi connectivity index (χ0n) is 18.3. The monoisotopic (exact) mass is 480 g/mol. The largest absolute Gasteiger partial charge is 0.495 e. The molecule has 0 unspecified atom stereocenters. The molecular formula is C25H25ClN4O2S. The van der Waals surface area contributed by atoms with Gasteiger partial charge in [-0.1, -0.05) is 29.8 Å². The molecular weight excluding hydrogens is 456 g/mol. The lowest BCUT2D eigenvalue weighted by Gasteiger charge is -2.31. The van der Waals surface area contributed by atoms with Crippen molar-refractivity contribution < 1.29 is 9.84 Å². The molecule has 3 heterocycles. The van der Waals surface area contributed by atoms with Gasteiger partial charge < -0.3 is 20.1 Å². The first-order valence-electron chi connectivity index (χ1n) is 11.0. The molecule has 6 nitrogen and oxygen atoms in total. The maximum Gasteiger partial charge on any atom is 0.159 e. The highest BCUT2D eigenvalue weighted by Crippen LogP contribution is 2.35. The predicted molar refractivity (Wildman–Crippen MR) is 136 cm³/mol. The molecule has 1 aliphatic rings. The van der Waals surface area contributed by atoms with E-state index in [1.54, 1.807) is 18.4 Å². The summed E-state index contributed by atoms with van der Waals surface area (Å²) < 4.78 is 5.25. The molecule has 1 aliphatic heterocycles. The van der Waals surface area contributed by atoms with Crippen LogP contribution in [0.3, 0.4) is 0 Å². The number of anilines is 2. The van der Waals surface area contributed by atoms with Crippen molar-refractivity contribution in [1.29, 1.82) is 0 Å². The van der Waals surface area contributed by atoms with Crippen LogP contribution in [0.25, 0.3) is 21.2 Å². The fourth-order valence-electron chi connectivity index (χ4n) is 4.18. The highest BCUT2D eigenvalue weighted by atomic mass is 35.5. The minimum Gasteiger partial charge on any atom is -0.495 e. The predicted octanol–water partition coefficient (Wildman–Crippen LogP) is 5.59. The zero-order chi connectivity index (χ0) is 22.8. The quantitative estimate of drug-likeness (QED) is 0.374. The highest BCUT2D eigenvalue weighted by Gasteiger charge is 2.21. The van der Waals surface area contributed by atoms with Gasteiger partial charge in [0.15, 0.2) is 11.6 Å². The average molecular weight is 481 g/mol. The van der Waals surface area contributed by atoms with E-state index in [9.17, 15) is 5.11 Å². The van der Waals surface area contributed by atoms with Crippen molar-refractivity contribution in [3.05, 3.63) is 64.5 Å². The fraction of sp³-hybridized carbons (Fsp3) is 0.280. The summed E-state index contributed by atoms with van der Waals surface area (Å²) in [4.78, 5) is 3.43. The van der Waals surface area contributed by atoms with Crippen molar-refractivity contribution in [2.24, 2.45) is 0 Å². The van der Waals surface area contributed by atoms with Gasteiger partial charge in [-0.3, -0.25) is 0 Å². The number of aromatic nitrogens is 2. The van der Waals surface area contributed by atoms with Crippen LogP contribution in [0.5, 0.6) is 5.75 Å². The number of fused-ring (bicyclic) bond motifs is 1. The van der Waals surface area contributed by atoms with Gasteiger partial charge in [-0.25, -0.2) is 0 Å². The molecule has 4 aromatic rings. The van der Waals surface area contributed by atoms with Gasteiger partial charge >= 0.3 is 0 Å². The number of nitrogens with one attached hydrogen (secondary N) is 1. The molecule has 0 amide bonds. The second kappa shape index (κ2) is 9.55. The fourth-order valence-corrected chi connectivity index (χ4v) is 5.19. The Hall–Kier alpha value is -2.87. The number of piperidine rings is 1. The van der Waals surface area contributed by atoms with Crippen LogP contribution in [0.4, 0.5) is 11.6 Å². The van der Waals surface area contributed by atoms with Crippen LogP contribution in [0, 0.1) is 0 Å². The Morgan fingerprint density at radius 2 is 1.97 bits per heavy atom. The molecule has 0 aliphatic carbocycles. The van der Waals surface area contributed by atoms with Gasteiger partial charge in [0.2, 0.25) is 0 Å². The summed E-state index contributed by atoms with van der Waals surface area (Å²) >= 11 is 8.02. The second-order valence-electron chi connectivity index (χ2n) is 8.15. The van der Waals surface area contributed by atoms with E-state index >= 15 is 0 Å². The molecule has 0 atom stereocenters. The Morgan fingerprint density at radius 3 is 2.70 bits per heavy atom. The second-order valence-corrected chi connectivity index (χ2v) is 9.51. The first kappa shape index (κ1) is 21.9. The molecule has 2 aromatic heterocycles. The first-order chi connectivity index (χ1) is 16.1. The molecule has 1 saturated heterocycles. The Morgan fingerprint density at radius 1 is 1.12 bits per heavy atom. The van der Waals surface area contributed by atoms with E-state index in [0.29, 0.717) is 17.3 Å². The molecule has 33 heavy (non-hydrogen) atoms. The van der Waals surface area contributed by atoms with Crippen LogP contribution in [0.15, 0.2) is 53.9 Å². The summed E-state index contributed by atoms with van der Waals surface area (Å²) in [6, 6.07) is 16.4. The average Bonchev–Trinajstić information content (AvgIpc) is 3.38. The molecule has 170 valence electrons. The zero-order valence-corrected chi connectivity index (χ0v) is 19.9. The number of halogens is 1. The Kier molecular flexibility index (Phi) is 6.35.